The highest BCUT2D eigenvalue weighted by Gasteiger charge is 2.29. The zero-order chi connectivity index (χ0) is 25.5. The normalized spacial score (nSPS) is 14.8. The van der Waals surface area contributed by atoms with E-state index < -0.39 is 23.1 Å². The summed E-state index contributed by atoms with van der Waals surface area (Å²) in [6.07, 6.45) is 0.595. The minimum absolute atomic E-state index is 0.0706. The van der Waals surface area contributed by atoms with Gasteiger partial charge < -0.3 is 33.4 Å². The lowest BCUT2D eigenvalue weighted by atomic mass is 9.91. The second kappa shape index (κ2) is 11.6. The molecule has 1 amide bonds. The average Bonchev–Trinajstić information content (AvgIpc) is 2.88. The van der Waals surface area contributed by atoms with Gasteiger partial charge in [-0.05, 0) is 17.7 Å². The quantitative estimate of drug-likeness (QED) is 0.385. The average molecular weight is 491 g/mol. The first kappa shape index (κ1) is 25.9. The van der Waals surface area contributed by atoms with Gasteiger partial charge in [-0.3, -0.25) is 19.3 Å². The molecule has 0 saturated carbocycles. The molecule has 0 bridgehead atoms. The molecular weight excluding hydrogens is 460 g/mol. The van der Waals surface area contributed by atoms with Crippen molar-refractivity contribution in [3.8, 4) is 23.0 Å². The Balaban J connectivity index is 2.05. The van der Waals surface area contributed by atoms with Crippen molar-refractivity contribution in [1.82, 2.24) is 9.80 Å². The number of benzene rings is 1. The van der Waals surface area contributed by atoms with Crippen molar-refractivity contribution in [2.75, 3.05) is 54.6 Å². The van der Waals surface area contributed by atoms with Crippen LogP contribution in [0.4, 0.5) is 0 Å². The van der Waals surface area contributed by atoms with Crippen LogP contribution in [0.2, 0.25) is 0 Å². The molecule has 0 radical (unpaired) electrons. The van der Waals surface area contributed by atoms with Crippen LogP contribution < -0.4 is 19.6 Å². The number of amides is 1. The van der Waals surface area contributed by atoms with Crippen LogP contribution in [-0.4, -0.2) is 81.9 Å². The lowest BCUT2D eigenvalue weighted by molar-refractivity contribution is -0.141. The number of rotatable bonds is 10. The fourth-order valence-corrected chi connectivity index (χ4v) is 4.03. The Morgan fingerprint density at radius 2 is 1.69 bits per heavy atom. The third-order valence-corrected chi connectivity index (χ3v) is 5.94. The summed E-state index contributed by atoms with van der Waals surface area (Å²) in [6.45, 7) is 2.65. The monoisotopic (exact) mass is 490 g/mol. The molecule has 1 aliphatic rings. The van der Waals surface area contributed by atoms with Crippen LogP contribution in [0.15, 0.2) is 27.4 Å². The Labute approximate surface area is 202 Å². The number of ether oxygens (including phenoxy) is 4. The maximum Gasteiger partial charge on any atom is 0.306 e. The molecule has 3 rings (SSSR count). The van der Waals surface area contributed by atoms with E-state index in [1.807, 2.05) is 4.90 Å². The maximum absolute atomic E-state index is 12.7. The van der Waals surface area contributed by atoms with E-state index in [-0.39, 0.29) is 12.2 Å². The number of carbonyl (C=O) groups is 2. The summed E-state index contributed by atoms with van der Waals surface area (Å²) >= 11 is 0. The lowest BCUT2D eigenvalue weighted by Gasteiger charge is -2.32. The van der Waals surface area contributed by atoms with Crippen molar-refractivity contribution in [1.29, 1.82) is 0 Å². The van der Waals surface area contributed by atoms with Gasteiger partial charge in [0.2, 0.25) is 23.3 Å². The Hall–Kier alpha value is -3.73. The molecule has 1 fully saturated rings. The molecule has 1 atom stereocenters. The van der Waals surface area contributed by atoms with E-state index in [9.17, 15) is 19.5 Å². The van der Waals surface area contributed by atoms with Gasteiger partial charge in [-0.1, -0.05) is 0 Å². The first-order valence-corrected chi connectivity index (χ1v) is 11.0. The molecular formula is C24H30N2O9. The highest BCUT2D eigenvalue weighted by Crippen LogP contribution is 2.43. The van der Waals surface area contributed by atoms with Gasteiger partial charge >= 0.3 is 5.97 Å². The third kappa shape index (κ3) is 5.86. The fraction of sp³-hybridized carbons (Fsp3) is 0.458. The van der Waals surface area contributed by atoms with Crippen LogP contribution in [0.25, 0.3) is 0 Å². The van der Waals surface area contributed by atoms with E-state index in [0.29, 0.717) is 61.3 Å². The van der Waals surface area contributed by atoms with Crippen LogP contribution in [0.5, 0.6) is 23.0 Å². The van der Waals surface area contributed by atoms with Gasteiger partial charge in [-0.15, -0.1) is 0 Å². The van der Waals surface area contributed by atoms with Crippen LogP contribution in [0.1, 0.15) is 29.4 Å². The van der Waals surface area contributed by atoms with Gasteiger partial charge in [-0.2, -0.15) is 0 Å². The molecule has 1 unspecified atom stereocenters. The van der Waals surface area contributed by atoms with Crippen LogP contribution in [0.3, 0.4) is 0 Å². The van der Waals surface area contributed by atoms with Gasteiger partial charge in [-0.25, -0.2) is 0 Å². The Bertz CT molecular complexity index is 1080. The predicted octanol–water partition coefficient (Wildman–Crippen LogP) is 1.34. The summed E-state index contributed by atoms with van der Waals surface area (Å²) in [5.74, 6) is -0.766. The molecule has 1 saturated heterocycles. The zero-order valence-corrected chi connectivity index (χ0v) is 20.2. The second-order valence-electron chi connectivity index (χ2n) is 8.00. The number of methoxy groups -OCH3 is 4. The number of carbonyl (C=O) groups excluding carboxylic acids is 2. The number of nitrogens with zero attached hydrogens (tertiary/aromatic N) is 2. The van der Waals surface area contributed by atoms with Crippen molar-refractivity contribution in [3.63, 3.8) is 0 Å². The van der Waals surface area contributed by atoms with Crippen LogP contribution in [0, 0.1) is 0 Å². The van der Waals surface area contributed by atoms with Crippen molar-refractivity contribution in [2.24, 2.45) is 0 Å². The summed E-state index contributed by atoms with van der Waals surface area (Å²) < 4.78 is 27.1. The van der Waals surface area contributed by atoms with Crippen LogP contribution >= 0.6 is 0 Å². The van der Waals surface area contributed by atoms with Crippen molar-refractivity contribution in [3.05, 3.63) is 45.5 Å². The van der Waals surface area contributed by atoms with Crippen molar-refractivity contribution in [2.45, 2.75) is 18.9 Å². The Morgan fingerprint density at radius 1 is 1.06 bits per heavy atom. The van der Waals surface area contributed by atoms with Gasteiger partial charge in [0.25, 0.3) is 0 Å². The Kier molecular flexibility index (Phi) is 8.58. The number of hydrogen-bond donors (Lipinski definition) is 1. The molecule has 2 heterocycles. The number of aromatic hydroxyl groups is 1. The first-order chi connectivity index (χ1) is 16.8. The largest absolute Gasteiger partial charge is 0.502 e. The van der Waals surface area contributed by atoms with E-state index in [1.165, 1.54) is 34.5 Å². The van der Waals surface area contributed by atoms with E-state index in [4.69, 9.17) is 23.4 Å². The van der Waals surface area contributed by atoms with Crippen LogP contribution in [-0.2, 0) is 20.9 Å². The zero-order valence-electron chi connectivity index (χ0n) is 20.2. The van der Waals surface area contributed by atoms with E-state index in [2.05, 4.69) is 0 Å². The highest BCUT2D eigenvalue weighted by molar-refractivity contribution is 5.71. The molecule has 190 valence electrons. The van der Waals surface area contributed by atoms with E-state index >= 15 is 0 Å². The molecule has 11 nitrogen and oxygen atoms in total. The first-order valence-electron chi connectivity index (χ1n) is 11.0. The molecule has 1 aliphatic heterocycles. The second-order valence-corrected chi connectivity index (χ2v) is 8.00. The third-order valence-electron chi connectivity index (χ3n) is 5.94. The van der Waals surface area contributed by atoms with Gasteiger partial charge in [0.1, 0.15) is 5.76 Å². The molecule has 2 aromatic rings. The van der Waals surface area contributed by atoms with Crippen molar-refractivity contribution < 1.29 is 38.1 Å². The minimum Gasteiger partial charge on any atom is -0.502 e. The molecule has 1 N–H and O–H groups in total. The smallest absolute Gasteiger partial charge is 0.306 e. The predicted molar refractivity (Wildman–Crippen MR) is 124 cm³/mol. The van der Waals surface area contributed by atoms with Gasteiger partial charge in [0.15, 0.2) is 17.3 Å². The molecule has 0 spiro atoms. The number of hydrogen-bond acceptors (Lipinski definition) is 10. The summed E-state index contributed by atoms with van der Waals surface area (Å²) in [5.41, 5.74) is -0.143. The standard InChI is InChI=1S/C24H30N2O9/c1-31-19-9-15(10-20(32-2)24(19)34-4)17(12-21(29)33-3)23-22(30)18(28)11-16(35-23)13-25-5-7-26(14-27)8-6-25/h9-11,14,17,30H,5-8,12-13H2,1-4H3. The van der Waals surface area contributed by atoms with Gasteiger partial charge in [0, 0.05) is 32.2 Å². The lowest BCUT2D eigenvalue weighted by Crippen LogP contribution is -2.45. The van der Waals surface area contributed by atoms with Crippen molar-refractivity contribution >= 4 is 12.4 Å². The SMILES string of the molecule is COC(=O)CC(c1cc(OC)c(OC)c(OC)c1)c1oc(CN2CCN(C=O)CC2)cc(=O)c1O. The number of esters is 1. The fourth-order valence-electron chi connectivity index (χ4n) is 4.03. The minimum atomic E-state index is -0.879. The molecule has 1 aromatic heterocycles. The maximum atomic E-state index is 12.7. The van der Waals surface area contributed by atoms with E-state index in [1.54, 1.807) is 17.0 Å². The summed E-state index contributed by atoms with van der Waals surface area (Å²) in [4.78, 5) is 39.6. The molecule has 0 aliphatic carbocycles. The summed E-state index contributed by atoms with van der Waals surface area (Å²) in [5, 5.41) is 10.7. The van der Waals surface area contributed by atoms with E-state index in [0.717, 1.165) is 6.41 Å². The molecule has 1 aromatic carbocycles. The summed E-state index contributed by atoms with van der Waals surface area (Å²) in [7, 11) is 5.63. The Morgan fingerprint density at radius 3 is 2.20 bits per heavy atom. The summed E-state index contributed by atoms with van der Waals surface area (Å²) in [6, 6.07) is 4.48. The molecule has 35 heavy (non-hydrogen) atoms. The number of piperazine rings is 1. The topological polar surface area (TPSA) is 128 Å². The van der Waals surface area contributed by atoms with Gasteiger partial charge in [0.05, 0.1) is 47.3 Å². The highest BCUT2D eigenvalue weighted by atomic mass is 16.5. The molecule has 11 heteroatoms.